The van der Waals surface area contributed by atoms with Gasteiger partial charge in [-0.05, 0) is 57.3 Å². The average molecular weight is 346 g/mol. The Morgan fingerprint density at radius 2 is 2.29 bits per heavy atom. The predicted octanol–water partition coefficient (Wildman–Crippen LogP) is 4.06. The zero-order valence-corrected chi connectivity index (χ0v) is 15.3. The van der Waals surface area contributed by atoms with Crippen molar-refractivity contribution in [3.63, 3.8) is 0 Å². The van der Waals surface area contributed by atoms with E-state index in [9.17, 15) is 4.79 Å². The first kappa shape index (κ1) is 16.3. The highest BCUT2D eigenvalue weighted by atomic mass is 32.1. The van der Waals surface area contributed by atoms with E-state index in [1.807, 2.05) is 4.90 Å². The molecule has 2 heterocycles. The smallest absolute Gasteiger partial charge is 0.265 e. The lowest BCUT2D eigenvalue weighted by Gasteiger charge is -2.31. The summed E-state index contributed by atoms with van der Waals surface area (Å²) >= 11 is 1.52. The van der Waals surface area contributed by atoms with E-state index in [1.165, 1.54) is 24.2 Å². The first-order valence-electron chi connectivity index (χ1n) is 9.18. The van der Waals surface area contributed by atoms with Gasteiger partial charge in [0.15, 0.2) is 0 Å². The van der Waals surface area contributed by atoms with Gasteiger partial charge >= 0.3 is 0 Å². The van der Waals surface area contributed by atoms with Crippen molar-refractivity contribution in [2.45, 2.75) is 51.7 Å². The van der Waals surface area contributed by atoms with E-state index in [0.717, 1.165) is 41.8 Å². The van der Waals surface area contributed by atoms with Crippen LogP contribution in [-0.2, 0) is 4.74 Å². The third kappa shape index (κ3) is 3.04. The molecule has 2 bridgehead atoms. The maximum absolute atomic E-state index is 13.0. The number of amides is 1. The molecule has 130 valence electrons. The van der Waals surface area contributed by atoms with Gasteiger partial charge in [-0.2, -0.15) is 0 Å². The quantitative estimate of drug-likeness (QED) is 0.755. The zero-order chi connectivity index (χ0) is 16.7. The molecular weight excluding hydrogens is 320 g/mol. The van der Waals surface area contributed by atoms with E-state index in [4.69, 9.17) is 4.74 Å². The topological polar surface area (TPSA) is 42.4 Å². The standard InChI is InChI=1S/C19H26N2O2S/c1-12(2)21(11-15-9-13-5-6-14(15)8-13)19(22)17-10-20-18(24-17)16-4-3-7-23-16/h5-6,10,12-16H,3-4,7-9,11H2,1-2H3/t13-,14-,15-,16-/m0/s1. The average Bonchev–Trinajstić information content (AvgIpc) is 3.35. The van der Waals surface area contributed by atoms with Crippen molar-refractivity contribution in [3.05, 3.63) is 28.2 Å². The molecule has 4 nitrogen and oxygen atoms in total. The largest absolute Gasteiger partial charge is 0.371 e. The van der Waals surface area contributed by atoms with E-state index >= 15 is 0 Å². The highest BCUT2D eigenvalue weighted by molar-refractivity contribution is 7.13. The highest BCUT2D eigenvalue weighted by Crippen LogP contribution is 2.44. The number of thiazole rings is 1. The highest BCUT2D eigenvalue weighted by Gasteiger charge is 2.38. The van der Waals surface area contributed by atoms with Crippen LogP contribution in [0.2, 0.25) is 0 Å². The van der Waals surface area contributed by atoms with Crippen LogP contribution in [0.25, 0.3) is 0 Å². The normalized spacial score (nSPS) is 31.3. The third-order valence-electron chi connectivity index (χ3n) is 5.67. The van der Waals surface area contributed by atoms with Crippen molar-refractivity contribution in [1.29, 1.82) is 0 Å². The fraction of sp³-hybridized carbons (Fsp3) is 0.684. The number of rotatable bonds is 5. The molecule has 0 aromatic carbocycles. The lowest BCUT2D eigenvalue weighted by molar-refractivity contribution is 0.0666. The van der Waals surface area contributed by atoms with Crippen LogP contribution in [0.4, 0.5) is 0 Å². The molecule has 24 heavy (non-hydrogen) atoms. The van der Waals surface area contributed by atoms with E-state index in [-0.39, 0.29) is 18.1 Å². The summed E-state index contributed by atoms with van der Waals surface area (Å²) in [5.74, 6) is 2.18. The molecule has 1 saturated heterocycles. The fourth-order valence-electron chi connectivity index (χ4n) is 4.33. The molecule has 2 aliphatic carbocycles. The molecule has 0 radical (unpaired) electrons. The number of hydrogen-bond donors (Lipinski definition) is 0. The minimum absolute atomic E-state index is 0.0970. The Hall–Kier alpha value is -1.20. The number of ether oxygens (including phenoxy) is 1. The van der Waals surface area contributed by atoms with E-state index in [2.05, 4.69) is 31.0 Å². The summed E-state index contributed by atoms with van der Waals surface area (Å²) in [6.45, 7) is 5.91. The molecule has 1 aromatic rings. The minimum Gasteiger partial charge on any atom is -0.371 e. The molecule has 1 amide bonds. The van der Waals surface area contributed by atoms with Gasteiger partial charge in [-0.3, -0.25) is 4.79 Å². The van der Waals surface area contributed by atoms with Gasteiger partial charge in [0, 0.05) is 19.2 Å². The maximum Gasteiger partial charge on any atom is 0.265 e. The van der Waals surface area contributed by atoms with Crippen LogP contribution < -0.4 is 0 Å². The Bertz CT molecular complexity index is 633. The van der Waals surface area contributed by atoms with Gasteiger partial charge < -0.3 is 9.64 Å². The first-order chi connectivity index (χ1) is 11.6. The SMILES string of the molecule is CC(C)N(C[C@@H]1C[C@H]2C=C[C@H]1C2)C(=O)c1cnc([C@@H]2CCCO2)s1. The summed E-state index contributed by atoms with van der Waals surface area (Å²) in [5.41, 5.74) is 0. The minimum atomic E-state index is 0.0970. The molecule has 1 aromatic heterocycles. The Morgan fingerprint density at radius 3 is 2.92 bits per heavy atom. The summed E-state index contributed by atoms with van der Waals surface area (Å²) in [5, 5.41) is 0.961. The Labute approximate surface area is 147 Å². The van der Waals surface area contributed by atoms with Gasteiger partial charge in [-0.1, -0.05) is 12.2 Å². The second-order valence-corrected chi connectivity index (χ2v) is 8.72. The van der Waals surface area contributed by atoms with Gasteiger partial charge in [0.05, 0.1) is 6.20 Å². The molecule has 0 spiro atoms. The van der Waals surface area contributed by atoms with Crippen molar-refractivity contribution < 1.29 is 9.53 Å². The van der Waals surface area contributed by atoms with Crippen LogP contribution in [0, 0.1) is 17.8 Å². The number of hydrogen-bond acceptors (Lipinski definition) is 4. The van der Waals surface area contributed by atoms with Crippen molar-refractivity contribution >= 4 is 17.2 Å². The van der Waals surface area contributed by atoms with Crippen molar-refractivity contribution in [2.24, 2.45) is 17.8 Å². The van der Waals surface area contributed by atoms with E-state index in [0.29, 0.717) is 11.8 Å². The van der Waals surface area contributed by atoms with Crippen LogP contribution in [0.15, 0.2) is 18.3 Å². The summed E-state index contributed by atoms with van der Waals surface area (Å²) in [6, 6.07) is 0.217. The van der Waals surface area contributed by atoms with Crippen LogP contribution in [0.1, 0.15) is 60.3 Å². The molecule has 3 aliphatic rings. The summed E-state index contributed by atoms with van der Waals surface area (Å²) in [6.07, 6.45) is 11.2. The lowest BCUT2D eigenvalue weighted by atomic mass is 9.92. The number of allylic oxidation sites excluding steroid dienone is 2. The monoisotopic (exact) mass is 346 g/mol. The molecule has 1 aliphatic heterocycles. The first-order valence-corrected chi connectivity index (χ1v) is 10.00. The summed E-state index contributed by atoms with van der Waals surface area (Å²) < 4.78 is 5.70. The van der Waals surface area contributed by atoms with Gasteiger partial charge in [-0.15, -0.1) is 11.3 Å². The van der Waals surface area contributed by atoms with Gasteiger partial charge in [-0.25, -0.2) is 4.98 Å². The predicted molar refractivity (Wildman–Crippen MR) is 95.1 cm³/mol. The molecule has 2 fully saturated rings. The van der Waals surface area contributed by atoms with Crippen molar-refractivity contribution in [3.8, 4) is 0 Å². The molecule has 4 atom stereocenters. The van der Waals surface area contributed by atoms with Crippen molar-refractivity contribution in [2.75, 3.05) is 13.2 Å². The van der Waals surface area contributed by atoms with Crippen LogP contribution in [0.3, 0.4) is 0 Å². The van der Waals surface area contributed by atoms with Crippen LogP contribution in [0.5, 0.6) is 0 Å². The van der Waals surface area contributed by atoms with E-state index in [1.54, 1.807) is 6.20 Å². The molecule has 0 unspecified atom stereocenters. The van der Waals surface area contributed by atoms with Crippen LogP contribution >= 0.6 is 11.3 Å². The van der Waals surface area contributed by atoms with Gasteiger partial charge in [0.1, 0.15) is 16.0 Å². The molecule has 0 N–H and O–H groups in total. The zero-order valence-electron chi connectivity index (χ0n) is 14.5. The number of fused-ring (bicyclic) bond motifs is 2. The van der Waals surface area contributed by atoms with Crippen molar-refractivity contribution in [1.82, 2.24) is 9.88 Å². The van der Waals surface area contributed by atoms with Crippen LogP contribution in [-0.4, -0.2) is 35.0 Å². The molecular formula is C19H26N2O2S. The number of carbonyl (C=O) groups is 1. The lowest BCUT2D eigenvalue weighted by Crippen LogP contribution is -2.41. The number of carbonyl (C=O) groups excluding carboxylic acids is 1. The molecule has 4 rings (SSSR count). The maximum atomic E-state index is 13.0. The second-order valence-electron chi connectivity index (χ2n) is 7.66. The second kappa shape index (κ2) is 6.60. The van der Waals surface area contributed by atoms with Gasteiger partial charge in [0.25, 0.3) is 5.91 Å². The number of aromatic nitrogens is 1. The molecule has 1 saturated carbocycles. The summed E-state index contributed by atoms with van der Waals surface area (Å²) in [7, 11) is 0. The Kier molecular flexibility index (Phi) is 4.48. The number of nitrogens with zero attached hydrogens (tertiary/aromatic N) is 2. The fourth-order valence-corrected chi connectivity index (χ4v) is 5.29. The van der Waals surface area contributed by atoms with E-state index < -0.39 is 0 Å². The Morgan fingerprint density at radius 1 is 1.42 bits per heavy atom. The summed E-state index contributed by atoms with van der Waals surface area (Å²) in [4.78, 5) is 20.3. The Balaban J connectivity index is 1.46. The van der Waals surface area contributed by atoms with Gasteiger partial charge in [0.2, 0.25) is 0 Å². The molecule has 5 heteroatoms. The third-order valence-corrected chi connectivity index (χ3v) is 6.75.